The van der Waals surface area contributed by atoms with Gasteiger partial charge in [-0.1, -0.05) is 42.5 Å². The maximum atomic E-state index is 12.9. The molecule has 0 N–H and O–H groups in total. The summed E-state index contributed by atoms with van der Waals surface area (Å²) < 4.78 is 4.62. The molecule has 5 nitrogen and oxygen atoms in total. The van der Waals surface area contributed by atoms with Gasteiger partial charge in [-0.3, -0.25) is 9.69 Å². The third kappa shape index (κ3) is 4.62. The molecular formula is C25H28N2O3. The largest absolute Gasteiger partial charge is 0.466 e. The Morgan fingerprint density at radius 2 is 1.80 bits per heavy atom. The third-order valence-corrected chi connectivity index (χ3v) is 6.13. The van der Waals surface area contributed by atoms with E-state index in [-0.39, 0.29) is 11.9 Å². The molecule has 4 rings (SSSR count). The fourth-order valence-corrected chi connectivity index (χ4v) is 4.41. The van der Waals surface area contributed by atoms with Crippen LogP contribution < -0.4 is 0 Å². The molecule has 0 spiro atoms. The summed E-state index contributed by atoms with van der Waals surface area (Å²) in [6.45, 7) is 3.74. The summed E-state index contributed by atoms with van der Waals surface area (Å²) in [6, 6.07) is 16.6. The normalized spacial score (nSPS) is 17.9. The number of ether oxygens (including phenoxy) is 1. The van der Waals surface area contributed by atoms with Crippen molar-refractivity contribution < 1.29 is 14.3 Å². The van der Waals surface area contributed by atoms with Crippen LogP contribution in [0.1, 0.15) is 39.9 Å². The number of hydrogen-bond donors (Lipinski definition) is 0. The number of benzene rings is 2. The summed E-state index contributed by atoms with van der Waals surface area (Å²) >= 11 is 0. The minimum Gasteiger partial charge on any atom is -0.466 e. The first kappa shape index (κ1) is 20.4. The molecule has 1 saturated heterocycles. The molecule has 2 heterocycles. The number of rotatable bonds is 5. The van der Waals surface area contributed by atoms with Gasteiger partial charge in [-0.15, -0.1) is 0 Å². The summed E-state index contributed by atoms with van der Waals surface area (Å²) in [5.41, 5.74) is 4.30. The molecule has 0 unspecified atom stereocenters. The standard InChI is InChI=1S/C25H28N2O3/c1-30-24(28)11-10-19-6-8-20(9-7-19)18-26-15-13-22(14-16-26)27-17-12-21-4-2-3-5-23(21)25(27)29/h2-11,22H,12-18H2,1H3/b11-10+. The zero-order valence-corrected chi connectivity index (χ0v) is 17.4. The van der Waals surface area contributed by atoms with Crippen LogP contribution in [0, 0.1) is 0 Å². The van der Waals surface area contributed by atoms with Gasteiger partial charge in [-0.25, -0.2) is 4.79 Å². The average molecular weight is 405 g/mol. The molecule has 0 saturated carbocycles. The number of carbonyl (C=O) groups is 2. The Bertz CT molecular complexity index is 928. The Kier molecular flexibility index (Phi) is 6.29. The van der Waals surface area contributed by atoms with E-state index >= 15 is 0 Å². The lowest BCUT2D eigenvalue weighted by atomic mass is 9.94. The summed E-state index contributed by atoms with van der Waals surface area (Å²) in [4.78, 5) is 28.7. The van der Waals surface area contributed by atoms with Crippen molar-refractivity contribution in [1.29, 1.82) is 0 Å². The van der Waals surface area contributed by atoms with Crippen molar-refractivity contribution in [3.8, 4) is 0 Å². The SMILES string of the molecule is COC(=O)/C=C/c1ccc(CN2CCC(N3CCc4ccccc4C3=O)CC2)cc1. The van der Waals surface area contributed by atoms with Gasteiger partial charge in [-0.05, 0) is 48.1 Å². The molecule has 2 aliphatic heterocycles. The molecule has 1 amide bonds. The van der Waals surface area contributed by atoms with Gasteiger partial charge in [0.1, 0.15) is 0 Å². The highest BCUT2D eigenvalue weighted by Gasteiger charge is 2.31. The molecular weight excluding hydrogens is 376 g/mol. The van der Waals surface area contributed by atoms with Gasteiger partial charge >= 0.3 is 5.97 Å². The van der Waals surface area contributed by atoms with Crippen molar-refractivity contribution >= 4 is 18.0 Å². The monoisotopic (exact) mass is 404 g/mol. The van der Waals surface area contributed by atoms with Gasteiger partial charge in [0.2, 0.25) is 0 Å². The summed E-state index contributed by atoms with van der Waals surface area (Å²) in [5.74, 6) is -0.150. The van der Waals surface area contributed by atoms with Gasteiger partial charge in [0.05, 0.1) is 7.11 Å². The highest BCUT2D eigenvalue weighted by Crippen LogP contribution is 2.25. The predicted molar refractivity (Wildman–Crippen MR) is 117 cm³/mol. The van der Waals surface area contributed by atoms with Crippen molar-refractivity contribution in [3.05, 3.63) is 76.9 Å². The maximum Gasteiger partial charge on any atom is 0.330 e. The van der Waals surface area contributed by atoms with E-state index in [0.717, 1.165) is 56.6 Å². The van der Waals surface area contributed by atoms with Crippen molar-refractivity contribution in [3.63, 3.8) is 0 Å². The van der Waals surface area contributed by atoms with Crippen LogP contribution in [0.4, 0.5) is 0 Å². The van der Waals surface area contributed by atoms with E-state index in [1.165, 1.54) is 24.3 Å². The lowest BCUT2D eigenvalue weighted by Crippen LogP contribution is -2.49. The van der Waals surface area contributed by atoms with Gasteiger partial charge in [0.25, 0.3) is 5.91 Å². The van der Waals surface area contributed by atoms with Crippen molar-refractivity contribution in [2.45, 2.75) is 31.8 Å². The molecule has 2 aromatic rings. The van der Waals surface area contributed by atoms with Gasteiger partial charge in [0.15, 0.2) is 0 Å². The second-order valence-corrected chi connectivity index (χ2v) is 8.01. The van der Waals surface area contributed by atoms with Crippen LogP contribution in [-0.4, -0.2) is 54.5 Å². The Hall–Kier alpha value is -2.92. The molecule has 0 aromatic heterocycles. The summed E-state index contributed by atoms with van der Waals surface area (Å²) in [5, 5.41) is 0. The second-order valence-electron chi connectivity index (χ2n) is 8.01. The Balaban J connectivity index is 1.29. The van der Waals surface area contributed by atoms with E-state index in [4.69, 9.17) is 0 Å². The van der Waals surface area contributed by atoms with Crippen LogP contribution in [0.5, 0.6) is 0 Å². The van der Waals surface area contributed by atoms with Gasteiger partial charge in [-0.2, -0.15) is 0 Å². The average Bonchev–Trinajstić information content (AvgIpc) is 2.79. The second kappa shape index (κ2) is 9.26. The molecule has 5 heteroatoms. The maximum absolute atomic E-state index is 12.9. The lowest BCUT2D eigenvalue weighted by Gasteiger charge is -2.40. The summed E-state index contributed by atoms with van der Waals surface area (Å²) in [7, 11) is 1.37. The Morgan fingerprint density at radius 3 is 2.53 bits per heavy atom. The number of likely N-dealkylation sites (tertiary alicyclic amines) is 1. The van der Waals surface area contributed by atoms with Crippen LogP contribution in [0.15, 0.2) is 54.6 Å². The highest BCUT2D eigenvalue weighted by atomic mass is 16.5. The molecule has 2 aromatic carbocycles. The molecule has 0 radical (unpaired) electrons. The molecule has 0 bridgehead atoms. The van der Waals surface area contributed by atoms with Crippen LogP contribution in [0.2, 0.25) is 0 Å². The van der Waals surface area contributed by atoms with Gasteiger partial charge in [0, 0.05) is 43.9 Å². The van der Waals surface area contributed by atoms with Crippen LogP contribution in [0.3, 0.4) is 0 Å². The van der Waals surface area contributed by atoms with Crippen molar-refractivity contribution in [2.24, 2.45) is 0 Å². The number of methoxy groups -OCH3 is 1. The fourth-order valence-electron chi connectivity index (χ4n) is 4.41. The quantitative estimate of drug-likeness (QED) is 0.565. The van der Waals surface area contributed by atoms with Crippen LogP contribution in [0.25, 0.3) is 6.08 Å². The molecule has 0 aliphatic carbocycles. The first-order valence-electron chi connectivity index (χ1n) is 10.6. The minimum atomic E-state index is -0.349. The number of carbonyl (C=O) groups excluding carboxylic acids is 2. The summed E-state index contributed by atoms with van der Waals surface area (Å²) in [6.07, 6.45) is 6.19. The number of piperidine rings is 1. The molecule has 30 heavy (non-hydrogen) atoms. The van der Waals surface area contributed by atoms with Gasteiger partial charge < -0.3 is 9.64 Å². The number of nitrogens with zero attached hydrogens (tertiary/aromatic N) is 2. The molecule has 156 valence electrons. The fraction of sp³-hybridized carbons (Fsp3) is 0.360. The smallest absolute Gasteiger partial charge is 0.330 e. The Morgan fingerprint density at radius 1 is 1.07 bits per heavy atom. The van der Waals surface area contributed by atoms with E-state index in [1.807, 2.05) is 30.3 Å². The highest BCUT2D eigenvalue weighted by molar-refractivity contribution is 5.97. The number of esters is 1. The van der Waals surface area contributed by atoms with Crippen molar-refractivity contribution in [2.75, 3.05) is 26.7 Å². The first-order chi connectivity index (χ1) is 14.6. The number of amides is 1. The topological polar surface area (TPSA) is 49.9 Å². The Labute approximate surface area is 177 Å². The first-order valence-corrected chi connectivity index (χ1v) is 10.6. The van der Waals surface area contributed by atoms with E-state index in [0.29, 0.717) is 6.04 Å². The third-order valence-electron chi connectivity index (χ3n) is 6.13. The van der Waals surface area contributed by atoms with E-state index in [2.05, 4.69) is 32.7 Å². The zero-order valence-electron chi connectivity index (χ0n) is 17.4. The van der Waals surface area contributed by atoms with E-state index in [9.17, 15) is 9.59 Å². The lowest BCUT2D eigenvalue weighted by molar-refractivity contribution is -0.134. The van der Waals surface area contributed by atoms with Crippen molar-refractivity contribution in [1.82, 2.24) is 9.80 Å². The predicted octanol–water partition coefficient (Wildman–Crippen LogP) is 3.54. The molecule has 0 atom stereocenters. The van der Waals surface area contributed by atoms with E-state index < -0.39 is 0 Å². The molecule has 2 aliphatic rings. The van der Waals surface area contributed by atoms with Crippen LogP contribution >= 0.6 is 0 Å². The van der Waals surface area contributed by atoms with Crippen LogP contribution in [-0.2, 0) is 22.5 Å². The zero-order chi connectivity index (χ0) is 20.9. The molecule has 1 fully saturated rings. The number of hydrogen-bond acceptors (Lipinski definition) is 4. The van der Waals surface area contributed by atoms with E-state index in [1.54, 1.807) is 6.08 Å². The number of fused-ring (bicyclic) bond motifs is 1. The minimum absolute atomic E-state index is 0.200.